The molecule has 1 amide bonds. The van der Waals surface area contributed by atoms with Gasteiger partial charge in [-0.25, -0.2) is 4.98 Å². The van der Waals surface area contributed by atoms with Crippen LogP contribution in [0.4, 0.5) is 18.9 Å². The SMILES string of the molecule is Cc1csc(S[C@H](C)C(=O)Nc2ccc(Cl)c(C(F)(F)F)c2)n1. The molecule has 1 heterocycles. The molecule has 0 saturated heterocycles. The maximum atomic E-state index is 12.8. The second kappa shape index (κ2) is 7.11. The minimum Gasteiger partial charge on any atom is -0.325 e. The van der Waals surface area contributed by atoms with Crippen LogP contribution in [0.3, 0.4) is 0 Å². The fraction of sp³-hybridized carbons (Fsp3) is 0.286. The van der Waals surface area contributed by atoms with Gasteiger partial charge in [0.05, 0.1) is 15.8 Å². The van der Waals surface area contributed by atoms with Crippen LogP contribution < -0.4 is 5.32 Å². The van der Waals surface area contributed by atoms with Gasteiger partial charge in [0.1, 0.15) is 0 Å². The van der Waals surface area contributed by atoms with Crippen molar-refractivity contribution in [3.63, 3.8) is 0 Å². The summed E-state index contributed by atoms with van der Waals surface area (Å²) in [6.45, 7) is 3.51. The average molecular weight is 381 g/mol. The van der Waals surface area contributed by atoms with Gasteiger partial charge in [0.25, 0.3) is 0 Å². The number of benzene rings is 1. The van der Waals surface area contributed by atoms with E-state index in [0.29, 0.717) is 0 Å². The Morgan fingerprint density at radius 3 is 2.70 bits per heavy atom. The number of carbonyl (C=O) groups excluding carboxylic acids is 1. The number of carbonyl (C=O) groups is 1. The van der Waals surface area contributed by atoms with Crippen molar-refractivity contribution in [2.45, 2.75) is 29.6 Å². The monoisotopic (exact) mass is 380 g/mol. The molecule has 0 unspecified atom stereocenters. The highest BCUT2D eigenvalue weighted by molar-refractivity contribution is 8.02. The molecule has 1 aromatic heterocycles. The Morgan fingerprint density at radius 2 is 2.13 bits per heavy atom. The Morgan fingerprint density at radius 1 is 1.43 bits per heavy atom. The number of rotatable bonds is 4. The number of aryl methyl sites for hydroxylation is 1. The molecule has 0 spiro atoms. The quantitative estimate of drug-likeness (QED) is 0.737. The maximum absolute atomic E-state index is 12.8. The zero-order chi connectivity index (χ0) is 17.2. The molecule has 2 rings (SSSR count). The number of hydrogen-bond donors (Lipinski definition) is 1. The zero-order valence-electron chi connectivity index (χ0n) is 12.1. The molecule has 0 radical (unpaired) electrons. The fourth-order valence-corrected chi connectivity index (χ4v) is 3.87. The lowest BCUT2D eigenvalue weighted by Gasteiger charge is -2.13. The minimum absolute atomic E-state index is 0.0505. The van der Waals surface area contributed by atoms with Gasteiger partial charge in [-0.15, -0.1) is 11.3 Å². The lowest BCUT2D eigenvalue weighted by Crippen LogP contribution is -2.22. The fourth-order valence-electron chi connectivity index (χ4n) is 1.66. The first-order chi connectivity index (χ1) is 10.7. The van der Waals surface area contributed by atoms with E-state index in [9.17, 15) is 18.0 Å². The lowest BCUT2D eigenvalue weighted by atomic mass is 10.2. The molecule has 0 aliphatic carbocycles. The highest BCUT2D eigenvalue weighted by atomic mass is 35.5. The summed E-state index contributed by atoms with van der Waals surface area (Å²) >= 11 is 8.21. The number of thioether (sulfide) groups is 1. The number of amides is 1. The average Bonchev–Trinajstić information content (AvgIpc) is 2.85. The molecule has 2 aromatic rings. The van der Waals surface area contributed by atoms with Crippen molar-refractivity contribution in [2.24, 2.45) is 0 Å². The van der Waals surface area contributed by atoms with Crippen molar-refractivity contribution in [3.05, 3.63) is 39.9 Å². The number of thiazole rings is 1. The number of nitrogens with zero attached hydrogens (tertiary/aromatic N) is 1. The van der Waals surface area contributed by atoms with Gasteiger partial charge in [-0.3, -0.25) is 4.79 Å². The molecule has 0 aliphatic heterocycles. The topological polar surface area (TPSA) is 42.0 Å². The molecule has 1 N–H and O–H groups in total. The summed E-state index contributed by atoms with van der Waals surface area (Å²) in [7, 11) is 0. The van der Waals surface area contributed by atoms with Gasteiger partial charge >= 0.3 is 6.18 Å². The standard InChI is InChI=1S/C14H12ClF3N2OS2/c1-7-6-22-13(19-7)23-8(2)12(21)20-9-3-4-11(15)10(5-9)14(16,17)18/h3-6,8H,1-2H3,(H,20,21)/t8-/m1/s1. The molecule has 1 aromatic carbocycles. The van der Waals surface area contributed by atoms with Gasteiger partial charge in [-0.2, -0.15) is 13.2 Å². The molecule has 0 aliphatic rings. The summed E-state index contributed by atoms with van der Waals surface area (Å²) in [5, 5.41) is 3.43. The molecule has 0 fully saturated rings. The number of aromatic nitrogens is 1. The van der Waals surface area contributed by atoms with Crippen LogP contribution in [0.15, 0.2) is 27.9 Å². The number of anilines is 1. The normalized spacial score (nSPS) is 13.0. The zero-order valence-corrected chi connectivity index (χ0v) is 14.5. The van der Waals surface area contributed by atoms with Crippen molar-refractivity contribution in [1.82, 2.24) is 4.98 Å². The summed E-state index contributed by atoms with van der Waals surface area (Å²) in [5.41, 5.74) is -0.0695. The smallest absolute Gasteiger partial charge is 0.325 e. The summed E-state index contributed by atoms with van der Waals surface area (Å²) in [4.78, 5) is 16.3. The van der Waals surface area contributed by atoms with Gasteiger partial charge in [-0.05, 0) is 32.0 Å². The molecule has 23 heavy (non-hydrogen) atoms. The highest BCUT2D eigenvalue weighted by Gasteiger charge is 2.33. The third-order valence-corrected chi connectivity index (χ3v) is 5.30. The Bertz CT molecular complexity index is 718. The van der Waals surface area contributed by atoms with Crippen molar-refractivity contribution >= 4 is 46.3 Å². The van der Waals surface area contributed by atoms with Crippen molar-refractivity contribution in [1.29, 1.82) is 0 Å². The van der Waals surface area contributed by atoms with Crippen molar-refractivity contribution < 1.29 is 18.0 Å². The largest absolute Gasteiger partial charge is 0.417 e. The first-order valence-electron chi connectivity index (χ1n) is 6.43. The molecule has 1 atom stereocenters. The molecule has 0 bridgehead atoms. The van der Waals surface area contributed by atoms with Crippen LogP contribution in [-0.4, -0.2) is 16.1 Å². The van der Waals surface area contributed by atoms with E-state index in [2.05, 4.69) is 10.3 Å². The first-order valence-corrected chi connectivity index (χ1v) is 8.57. The van der Waals surface area contributed by atoms with Crippen molar-refractivity contribution in [2.75, 3.05) is 5.32 Å². The highest BCUT2D eigenvalue weighted by Crippen LogP contribution is 2.36. The van der Waals surface area contributed by atoms with Gasteiger partial charge in [0.15, 0.2) is 4.34 Å². The van der Waals surface area contributed by atoms with Crippen LogP contribution >= 0.6 is 34.7 Å². The number of hydrogen-bond acceptors (Lipinski definition) is 4. The van der Waals surface area contributed by atoms with Crippen LogP contribution in [-0.2, 0) is 11.0 Å². The molecule has 3 nitrogen and oxygen atoms in total. The third kappa shape index (κ3) is 4.86. The van der Waals surface area contributed by atoms with Gasteiger partial charge < -0.3 is 5.32 Å². The van der Waals surface area contributed by atoms with Crippen molar-refractivity contribution in [3.8, 4) is 0 Å². The maximum Gasteiger partial charge on any atom is 0.417 e. The summed E-state index contributed by atoms with van der Waals surface area (Å²) < 4.78 is 39.2. The Kier molecular flexibility index (Phi) is 5.59. The molecule has 0 saturated carbocycles. The Hall–Kier alpha value is -1.25. The first kappa shape index (κ1) is 18.1. The molecule has 124 valence electrons. The van der Waals surface area contributed by atoms with Gasteiger partial charge in [-0.1, -0.05) is 23.4 Å². The van der Waals surface area contributed by atoms with Crippen LogP contribution in [0.2, 0.25) is 5.02 Å². The van der Waals surface area contributed by atoms with E-state index < -0.39 is 27.9 Å². The van der Waals surface area contributed by atoms with Crippen LogP contribution in [0.5, 0.6) is 0 Å². The minimum atomic E-state index is -4.57. The number of nitrogens with one attached hydrogen (secondary N) is 1. The van der Waals surface area contributed by atoms with E-state index >= 15 is 0 Å². The van der Waals surface area contributed by atoms with E-state index in [1.54, 1.807) is 6.92 Å². The third-order valence-electron chi connectivity index (χ3n) is 2.78. The van der Waals surface area contributed by atoms with E-state index in [0.717, 1.165) is 22.2 Å². The van der Waals surface area contributed by atoms with E-state index in [-0.39, 0.29) is 5.69 Å². The molecular formula is C14H12ClF3N2OS2. The second-order valence-electron chi connectivity index (χ2n) is 4.70. The van der Waals surface area contributed by atoms with Gasteiger partial charge in [0, 0.05) is 16.8 Å². The van der Waals surface area contributed by atoms with Crippen LogP contribution in [0.1, 0.15) is 18.2 Å². The number of halogens is 4. The van der Waals surface area contributed by atoms with Crippen LogP contribution in [0, 0.1) is 6.92 Å². The number of alkyl halides is 3. The van der Waals surface area contributed by atoms with Crippen LogP contribution in [0.25, 0.3) is 0 Å². The van der Waals surface area contributed by atoms with E-state index in [1.807, 2.05) is 12.3 Å². The summed E-state index contributed by atoms with van der Waals surface area (Å²) in [6, 6.07) is 3.27. The van der Waals surface area contributed by atoms with E-state index in [4.69, 9.17) is 11.6 Å². The lowest BCUT2D eigenvalue weighted by molar-refractivity contribution is -0.137. The predicted octanol–water partition coefficient (Wildman–Crippen LogP) is 5.24. The van der Waals surface area contributed by atoms with E-state index in [1.165, 1.54) is 29.2 Å². The molecule has 9 heteroatoms. The predicted molar refractivity (Wildman–Crippen MR) is 87.3 cm³/mol. The molecular weight excluding hydrogens is 369 g/mol. The Labute approximate surface area is 144 Å². The van der Waals surface area contributed by atoms with Gasteiger partial charge in [0.2, 0.25) is 5.91 Å². The summed E-state index contributed by atoms with van der Waals surface area (Å²) in [6.07, 6.45) is -4.57. The summed E-state index contributed by atoms with van der Waals surface area (Å²) in [5.74, 6) is -0.404. The Balaban J connectivity index is 2.08. The second-order valence-corrected chi connectivity index (χ2v) is 7.55.